The maximum absolute atomic E-state index is 13.6. The molecule has 2 amide bonds. The molecule has 5 aliphatic carbocycles. The SMILES string of the molecule is NC(=O)C12CC3CC(C1)C(NC(=O)C1(c4ccc(Cl)cc4)CCCC1)C(C3)C2. The molecule has 0 heterocycles. The lowest BCUT2D eigenvalue weighted by Crippen LogP contribution is -2.63. The Morgan fingerprint density at radius 1 is 1.00 bits per heavy atom. The van der Waals surface area contributed by atoms with Crippen LogP contribution in [0.1, 0.15) is 63.4 Å². The molecule has 28 heavy (non-hydrogen) atoms. The van der Waals surface area contributed by atoms with Crippen molar-refractivity contribution < 1.29 is 9.59 Å². The topological polar surface area (TPSA) is 72.2 Å². The highest BCUT2D eigenvalue weighted by Crippen LogP contribution is 2.60. The highest BCUT2D eigenvalue weighted by Gasteiger charge is 2.58. The Kier molecular flexibility index (Phi) is 4.28. The number of halogens is 1. The molecule has 3 N–H and O–H groups in total. The lowest BCUT2D eigenvalue weighted by Gasteiger charge is -2.59. The number of primary amides is 1. The number of carbonyl (C=O) groups excluding carboxylic acids is 2. The molecule has 1 aromatic rings. The lowest BCUT2D eigenvalue weighted by molar-refractivity contribution is -0.148. The largest absolute Gasteiger partial charge is 0.369 e. The smallest absolute Gasteiger partial charge is 0.230 e. The van der Waals surface area contributed by atoms with E-state index >= 15 is 0 Å². The van der Waals surface area contributed by atoms with Gasteiger partial charge in [-0.25, -0.2) is 0 Å². The summed E-state index contributed by atoms with van der Waals surface area (Å²) >= 11 is 6.08. The molecule has 2 unspecified atom stereocenters. The molecule has 0 spiro atoms. The van der Waals surface area contributed by atoms with E-state index in [0.717, 1.165) is 63.4 Å². The summed E-state index contributed by atoms with van der Waals surface area (Å²) in [5.41, 5.74) is 6.16. The summed E-state index contributed by atoms with van der Waals surface area (Å²) in [6, 6.07) is 8.02. The zero-order valence-corrected chi connectivity index (χ0v) is 17.0. The van der Waals surface area contributed by atoms with E-state index < -0.39 is 5.41 Å². The van der Waals surface area contributed by atoms with E-state index in [4.69, 9.17) is 17.3 Å². The van der Waals surface area contributed by atoms with Crippen LogP contribution in [-0.2, 0) is 15.0 Å². The number of nitrogens with one attached hydrogen (secondary N) is 1. The van der Waals surface area contributed by atoms with Crippen LogP contribution in [0.4, 0.5) is 0 Å². The first-order chi connectivity index (χ1) is 13.4. The average molecular weight is 401 g/mol. The number of amides is 2. The number of hydrogen-bond acceptors (Lipinski definition) is 2. The van der Waals surface area contributed by atoms with Gasteiger partial charge in [0.15, 0.2) is 0 Å². The van der Waals surface area contributed by atoms with Crippen molar-refractivity contribution in [1.29, 1.82) is 0 Å². The molecule has 2 atom stereocenters. The number of rotatable bonds is 4. The number of carbonyl (C=O) groups is 2. The van der Waals surface area contributed by atoms with Gasteiger partial charge in [-0.3, -0.25) is 9.59 Å². The summed E-state index contributed by atoms with van der Waals surface area (Å²) in [5.74, 6) is 1.45. The Labute approximate surface area is 171 Å². The fourth-order valence-corrected chi connectivity index (χ4v) is 7.37. The van der Waals surface area contributed by atoms with E-state index in [9.17, 15) is 9.59 Å². The van der Waals surface area contributed by atoms with Crippen LogP contribution in [0.3, 0.4) is 0 Å². The van der Waals surface area contributed by atoms with E-state index in [1.54, 1.807) is 0 Å². The fourth-order valence-electron chi connectivity index (χ4n) is 7.25. The van der Waals surface area contributed by atoms with Crippen LogP contribution in [-0.4, -0.2) is 17.9 Å². The van der Waals surface area contributed by atoms with Crippen LogP contribution in [0, 0.1) is 23.2 Å². The van der Waals surface area contributed by atoms with Crippen LogP contribution in [0.15, 0.2) is 24.3 Å². The van der Waals surface area contributed by atoms with Crippen molar-refractivity contribution in [3.05, 3.63) is 34.9 Å². The van der Waals surface area contributed by atoms with Gasteiger partial charge in [0, 0.05) is 16.5 Å². The van der Waals surface area contributed by atoms with Crippen molar-refractivity contribution in [2.24, 2.45) is 28.9 Å². The zero-order valence-electron chi connectivity index (χ0n) is 16.3. The molecule has 5 saturated carbocycles. The van der Waals surface area contributed by atoms with Crippen LogP contribution >= 0.6 is 11.6 Å². The molecule has 6 rings (SSSR count). The van der Waals surface area contributed by atoms with Crippen molar-refractivity contribution in [1.82, 2.24) is 5.32 Å². The molecule has 1 aromatic carbocycles. The molecule has 5 aliphatic rings. The van der Waals surface area contributed by atoms with Crippen LogP contribution in [0.2, 0.25) is 5.02 Å². The molecule has 4 bridgehead atoms. The predicted molar refractivity (Wildman–Crippen MR) is 109 cm³/mol. The Balaban J connectivity index is 1.39. The second-order valence-electron chi connectivity index (χ2n) is 9.91. The standard InChI is InChI=1S/C23H29ClN2O2/c24-18-5-3-17(4-6-18)23(7-1-2-8-23)21(28)26-19-15-9-14-10-16(19)13-22(11-14,12-15)20(25)27/h3-6,14-16,19H,1-2,7-13H2,(H2,25,27)(H,26,28). The van der Waals surface area contributed by atoms with Crippen molar-refractivity contribution in [2.45, 2.75) is 69.2 Å². The fraction of sp³-hybridized carbons (Fsp3) is 0.652. The van der Waals surface area contributed by atoms with Gasteiger partial charge in [0.25, 0.3) is 0 Å². The number of benzene rings is 1. The van der Waals surface area contributed by atoms with Crippen LogP contribution in [0.5, 0.6) is 0 Å². The Morgan fingerprint density at radius 2 is 1.61 bits per heavy atom. The molecule has 150 valence electrons. The molecule has 0 aromatic heterocycles. The van der Waals surface area contributed by atoms with Crippen LogP contribution in [0.25, 0.3) is 0 Å². The van der Waals surface area contributed by atoms with Crippen molar-refractivity contribution in [3.63, 3.8) is 0 Å². The monoisotopic (exact) mass is 400 g/mol. The second-order valence-corrected chi connectivity index (χ2v) is 10.3. The third-order valence-corrected chi connectivity index (χ3v) is 8.63. The summed E-state index contributed by atoms with van der Waals surface area (Å²) in [7, 11) is 0. The Hall–Kier alpha value is -1.55. The van der Waals surface area contributed by atoms with Gasteiger partial charge < -0.3 is 11.1 Å². The summed E-state index contributed by atoms with van der Waals surface area (Å²) in [6.07, 6.45) is 8.90. The van der Waals surface area contributed by atoms with Crippen molar-refractivity contribution >= 4 is 23.4 Å². The molecule has 0 aliphatic heterocycles. The van der Waals surface area contributed by atoms with Gasteiger partial charge in [-0.2, -0.15) is 0 Å². The van der Waals surface area contributed by atoms with Crippen molar-refractivity contribution in [2.75, 3.05) is 0 Å². The molecule has 5 heteroatoms. The quantitative estimate of drug-likeness (QED) is 0.803. The van der Waals surface area contributed by atoms with Gasteiger partial charge in [0.2, 0.25) is 11.8 Å². The summed E-state index contributed by atoms with van der Waals surface area (Å²) in [6.45, 7) is 0. The van der Waals surface area contributed by atoms with Crippen molar-refractivity contribution in [3.8, 4) is 0 Å². The Morgan fingerprint density at radius 3 is 2.18 bits per heavy atom. The molecule has 0 radical (unpaired) electrons. The minimum Gasteiger partial charge on any atom is -0.369 e. The molecule has 4 nitrogen and oxygen atoms in total. The third-order valence-electron chi connectivity index (χ3n) is 8.38. The first-order valence-corrected chi connectivity index (χ1v) is 11.2. The minimum absolute atomic E-state index is 0.120. The van der Waals surface area contributed by atoms with E-state index in [2.05, 4.69) is 5.32 Å². The average Bonchev–Trinajstić information content (AvgIpc) is 3.15. The Bertz CT molecular complexity index is 783. The van der Waals surface area contributed by atoms with Gasteiger partial charge in [-0.1, -0.05) is 36.6 Å². The van der Waals surface area contributed by atoms with Gasteiger partial charge in [0.05, 0.1) is 5.41 Å². The number of hydrogen-bond donors (Lipinski definition) is 2. The molecular weight excluding hydrogens is 372 g/mol. The molecular formula is C23H29ClN2O2. The third kappa shape index (κ3) is 2.71. The van der Waals surface area contributed by atoms with Crippen LogP contribution < -0.4 is 11.1 Å². The lowest BCUT2D eigenvalue weighted by atomic mass is 9.47. The van der Waals surface area contributed by atoms with Gasteiger partial charge in [0.1, 0.15) is 0 Å². The maximum atomic E-state index is 13.6. The highest BCUT2D eigenvalue weighted by atomic mass is 35.5. The normalized spacial score (nSPS) is 37.8. The minimum atomic E-state index is -0.430. The highest BCUT2D eigenvalue weighted by molar-refractivity contribution is 6.30. The predicted octanol–water partition coefficient (Wildman–Crippen LogP) is 3.95. The first kappa shape index (κ1) is 18.5. The summed E-state index contributed by atoms with van der Waals surface area (Å²) in [4.78, 5) is 25.8. The first-order valence-electron chi connectivity index (χ1n) is 10.8. The maximum Gasteiger partial charge on any atom is 0.230 e. The summed E-state index contributed by atoms with van der Waals surface area (Å²) < 4.78 is 0. The van der Waals surface area contributed by atoms with E-state index in [-0.39, 0.29) is 23.3 Å². The summed E-state index contributed by atoms with van der Waals surface area (Å²) in [5, 5.41) is 4.19. The molecule has 5 fully saturated rings. The second kappa shape index (κ2) is 6.48. The van der Waals surface area contributed by atoms with E-state index in [1.807, 2.05) is 24.3 Å². The van der Waals surface area contributed by atoms with E-state index in [1.165, 1.54) is 0 Å². The molecule has 0 saturated heterocycles. The van der Waals surface area contributed by atoms with E-state index in [0.29, 0.717) is 22.8 Å². The van der Waals surface area contributed by atoms with Gasteiger partial charge in [-0.05, 0) is 80.4 Å². The number of nitrogens with two attached hydrogens (primary N) is 1. The zero-order chi connectivity index (χ0) is 19.5. The van der Waals surface area contributed by atoms with Gasteiger partial charge >= 0.3 is 0 Å². The van der Waals surface area contributed by atoms with Gasteiger partial charge in [-0.15, -0.1) is 0 Å².